The maximum atomic E-state index is 11.2. The van der Waals surface area contributed by atoms with Crippen LogP contribution in [0.25, 0.3) is 0 Å². The molecule has 5 heteroatoms. The third kappa shape index (κ3) is 8.56. The molecule has 0 saturated heterocycles. The van der Waals surface area contributed by atoms with Crippen LogP contribution >= 0.6 is 25.3 Å². The Hall–Kier alpha value is -0.0300. The Labute approximate surface area is 96.8 Å². The lowest BCUT2D eigenvalue weighted by Gasteiger charge is -2.19. The van der Waals surface area contributed by atoms with Gasteiger partial charge in [-0.3, -0.25) is 0 Å². The first-order valence-electron chi connectivity index (χ1n) is 4.61. The lowest BCUT2D eigenvalue weighted by Crippen LogP contribution is -2.33. The molecule has 1 unspecified atom stereocenters. The highest BCUT2D eigenvalue weighted by Crippen LogP contribution is 2.07. The zero-order valence-electron chi connectivity index (χ0n) is 8.91. The van der Waals surface area contributed by atoms with Gasteiger partial charge in [0.15, 0.2) is 0 Å². The van der Waals surface area contributed by atoms with Crippen molar-refractivity contribution in [3.63, 3.8) is 0 Å². The number of rotatable bonds is 4. The van der Waals surface area contributed by atoms with Crippen LogP contribution in [0.2, 0.25) is 0 Å². The van der Waals surface area contributed by atoms with E-state index in [9.17, 15) is 4.79 Å². The molecule has 3 nitrogen and oxygen atoms in total. The van der Waals surface area contributed by atoms with E-state index in [1.54, 1.807) is 0 Å². The van der Waals surface area contributed by atoms with E-state index in [2.05, 4.69) is 30.6 Å². The monoisotopic (exact) mass is 237 g/mol. The molecule has 0 aliphatic carbocycles. The van der Waals surface area contributed by atoms with Gasteiger partial charge in [-0.15, -0.1) is 0 Å². The van der Waals surface area contributed by atoms with Crippen molar-refractivity contribution in [2.75, 3.05) is 12.3 Å². The van der Waals surface area contributed by atoms with Crippen LogP contribution in [0.1, 0.15) is 27.2 Å². The SMILES string of the molecule is CC(C)(C)OC(=O)NCCC(S)CS. The molecule has 0 saturated carbocycles. The van der Waals surface area contributed by atoms with Crippen LogP contribution in [0, 0.1) is 0 Å². The number of alkyl carbamates (subject to hydrolysis) is 1. The first-order chi connectivity index (χ1) is 6.35. The van der Waals surface area contributed by atoms with Crippen LogP contribution in [-0.2, 0) is 4.74 Å². The van der Waals surface area contributed by atoms with E-state index in [4.69, 9.17) is 4.74 Å². The molecular weight excluding hydrogens is 218 g/mol. The van der Waals surface area contributed by atoms with Gasteiger partial charge in [-0.1, -0.05) is 0 Å². The zero-order valence-corrected chi connectivity index (χ0v) is 10.7. The Morgan fingerprint density at radius 1 is 1.50 bits per heavy atom. The van der Waals surface area contributed by atoms with Gasteiger partial charge in [0.25, 0.3) is 0 Å². The summed E-state index contributed by atoms with van der Waals surface area (Å²) in [6.07, 6.45) is 0.420. The van der Waals surface area contributed by atoms with E-state index in [0.717, 1.165) is 6.42 Å². The number of hydrogen-bond donors (Lipinski definition) is 3. The van der Waals surface area contributed by atoms with Gasteiger partial charge in [-0.2, -0.15) is 25.3 Å². The number of hydrogen-bond acceptors (Lipinski definition) is 4. The molecule has 0 aromatic carbocycles. The van der Waals surface area contributed by atoms with Crippen LogP contribution in [-0.4, -0.2) is 29.2 Å². The van der Waals surface area contributed by atoms with E-state index >= 15 is 0 Å². The molecule has 14 heavy (non-hydrogen) atoms. The van der Waals surface area contributed by atoms with Crippen molar-refractivity contribution in [1.29, 1.82) is 0 Å². The van der Waals surface area contributed by atoms with E-state index in [1.165, 1.54) is 0 Å². The molecule has 0 aliphatic heterocycles. The smallest absolute Gasteiger partial charge is 0.407 e. The summed E-state index contributed by atoms with van der Waals surface area (Å²) in [5.74, 6) is 0.707. The minimum Gasteiger partial charge on any atom is -0.444 e. The van der Waals surface area contributed by atoms with Crippen molar-refractivity contribution in [3.05, 3.63) is 0 Å². The van der Waals surface area contributed by atoms with Gasteiger partial charge in [0, 0.05) is 17.5 Å². The third-order valence-electron chi connectivity index (χ3n) is 1.36. The number of nitrogens with one attached hydrogen (secondary N) is 1. The molecule has 1 atom stereocenters. The number of thiol groups is 2. The van der Waals surface area contributed by atoms with Crippen molar-refractivity contribution < 1.29 is 9.53 Å². The fourth-order valence-corrected chi connectivity index (χ4v) is 1.06. The van der Waals surface area contributed by atoms with Crippen LogP contribution < -0.4 is 5.32 Å². The van der Waals surface area contributed by atoms with Crippen molar-refractivity contribution in [1.82, 2.24) is 5.32 Å². The highest BCUT2D eigenvalue weighted by Gasteiger charge is 2.15. The fourth-order valence-electron chi connectivity index (χ4n) is 0.746. The molecule has 0 fully saturated rings. The van der Waals surface area contributed by atoms with Crippen molar-refractivity contribution >= 4 is 31.4 Å². The largest absolute Gasteiger partial charge is 0.444 e. The Morgan fingerprint density at radius 3 is 2.50 bits per heavy atom. The van der Waals surface area contributed by atoms with Crippen LogP contribution in [0.4, 0.5) is 4.79 Å². The Kier molecular flexibility index (Phi) is 6.44. The van der Waals surface area contributed by atoms with Crippen LogP contribution in [0.5, 0.6) is 0 Å². The first kappa shape index (κ1) is 14.0. The summed E-state index contributed by atoms with van der Waals surface area (Å²) in [5, 5.41) is 2.88. The Balaban J connectivity index is 3.55. The molecular formula is C9H19NO2S2. The quantitative estimate of drug-likeness (QED) is 0.655. The van der Waals surface area contributed by atoms with Crippen molar-refractivity contribution in [3.8, 4) is 0 Å². The van der Waals surface area contributed by atoms with E-state index in [0.29, 0.717) is 12.3 Å². The summed E-state index contributed by atoms with van der Waals surface area (Å²) in [7, 11) is 0. The molecule has 84 valence electrons. The molecule has 1 N–H and O–H groups in total. The maximum Gasteiger partial charge on any atom is 0.407 e. The predicted octanol–water partition coefficient (Wildman–Crippen LogP) is 2.13. The van der Waals surface area contributed by atoms with Gasteiger partial charge in [0.05, 0.1) is 0 Å². The second-order valence-corrected chi connectivity index (χ2v) is 5.15. The summed E-state index contributed by atoms with van der Waals surface area (Å²) in [4.78, 5) is 11.2. The second-order valence-electron chi connectivity index (χ2n) is 4.05. The van der Waals surface area contributed by atoms with E-state index in [1.807, 2.05) is 20.8 Å². The lowest BCUT2D eigenvalue weighted by molar-refractivity contribution is 0.0527. The van der Waals surface area contributed by atoms with Gasteiger partial charge in [0.1, 0.15) is 5.60 Å². The zero-order chi connectivity index (χ0) is 11.2. The minimum atomic E-state index is -0.437. The highest BCUT2D eigenvalue weighted by molar-refractivity contribution is 7.84. The molecule has 0 heterocycles. The number of carbonyl (C=O) groups excluding carboxylic acids is 1. The van der Waals surface area contributed by atoms with E-state index in [-0.39, 0.29) is 11.3 Å². The second kappa shape index (κ2) is 6.45. The Morgan fingerprint density at radius 2 is 2.07 bits per heavy atom. The summed E-state index contributed by atoms with van der Waals surface area (Å²) >= 11 is 8.34. The molecule has 0 bridgehead atoms. The average Bonchev–Trinajstić information content (AvgIpc) is 2.00. The molecule has 0 aromatic heterocycles. The van der Waals surface area contributed by atoms with Gasteiger partial charge in [-0.25, -0.2) is 4.79 Å². The minimum absolute atomic E-state index is 0.216. The van der Waals surface area contributed by atoms with Gasteiger partial charge >= 0.3 is 6.09 Å². The first-order valence-corrected chi connectivity index (χ1v) is 5.76. The molecule has 0 rings (SSSR count). The number of amides is 1. The number of carbonyl (C=O) groups is 1. The van der Waals surface area contributed by atoms with Gasteiger partial charge in [-0.05, 0) is 27.2 Å². The van der Waals surface area contributed by atoms with E-state index < -0.39 is 5.60 Å². The lowest BCUT2D eigenvalue weighted by atomic mass is 10.2. The third-order valence-corrected chi connectivity index (χ3v) is 2.53. The standard InChI is InChI=1S/C9H19NO2S2/c1-9(2,3)12-8(11)10-5-4-7(14)6-13/h7,13-14H,4-6H2,1-3H3,(H,10,11). The maximum absolute atomic E-state index is 11.2. The normalized spacial score (nSPS) is 13.5. The topological polar surface area (TPSA) is 38.3 Å². The fraction of sp³-hybridized carbons (Fsp3) is 0.889. The summed E-state index contributed by atoms with van der Waals surface area (Å²) < 4.78 is 5.06. The average molecular weight is 237 g/mol. The molecule has 0 spiro atoms. The van der Waals surface area contributed by atoms with Crippen LogP contribution in [0.15, 0.2) is 0 Å². The highest BCUT2D eigenvalue weighted by atomic mass is 32.1. The summed E-state index contributed by atoms with van der Waals surface area (Å²) in [6.45, 7) is 6.08. The molecule has 0 aromatic rings. The molecule has 0 radical (unpaired) electrons. The Bertz CT molecular complexity index is 180. The van der Waals surface area contributed by atoms with Gasteiger partial charge < -0.3 is 10.1 Å². The van der Waals surface area contributed by atoms with Crippen molar-refractivity contribution in [2.24, 2.45) is 0 Å². The molecule has 1 amide bonds. The van der Waals surface area contributed by atoms with Crippen LogP contribution in [0.3, 0.4) is 0 Å². The van der Waals surface area contributed by atoms with Gasteiger partial charge in [0.2, 0.25) is 0 Å². The predicted molar refractivity (Wildman–Crippen MR) is 65.5 cm³/mol. The summed E-state index contributed by atoms with van der Waals surface area (Å²) in [5.41, 5.74) is -0.437. The van der Waals surface area contributed by atoms with Crippen molar-refractivity contribution in [2.45, 2.75) is 38.0 Å². The summed E-state index contributed by atoms with van der Waals surface area (Å²) in [6, 6.07) is 0. The molecule has 0 aliphatic rings. The number of ether oxygens (including phenoxy) is 1.